The molecule has 0 fully saturated rings. The molecule has 0 spiro atoms. The fourth-order valence-corrected chi connectivity index (χ4v) is 4.48. The van der Waals surface area contributed by atoms with Crippen LogP contribution in [0.15, 0.2) is 48.5 Å². The Labute approximate surface area is 198 Å². The minimum absolute atomic E-state index is 0.0304. The number of amides is 2. The third-order valence-electron chi connectivity index (χ3n) is 6.21. The van der Waals surface area contributed by atoms with Gasteiger partial charge in [0.25, 0.3) is 5.91 Å². The highest BCUT2D eigenvalue weighted by atomic mass is 16.5. The van der Waals surface area contributed by atoms with E-state index in [9.17, 15) is 9.59 Å². The molecule has 178 valence electrons. The van der Waals surface area contributed by atoms with Crippen molar-refractivity contribution in [3.8, 4) is 5.75 Å². The number of carbonyl (C=O) groups excluding carboxylic acids is 2. The zero-order valence-electron chi connectivity index (χ0n) is 20.4. The van der Waals surface area contributed by atoms with Crippen LogP contribution in [-0.4, -0.2) is 36.9 Å². The zero-order valence-corrected chi connectivity index (χ0v) is 20.4. The monoisotopic (exact) mass is 450 g/mol. The van der Waals surface area contributed by atoms with E-state index < -0.39 is 0 Å². The predicted octanol–water partition coefficient (Wildman–Crippen LogP) is 6.07. The molecule has 1 heterocycles. The van der Waals surface area contributed by atoms with Gasteiger partial charge in [0, 0.05) is 31.7 Å². The van der Waals surface area contributed by atoms with Crippen molar-refractivity contribution in [1.29, 1.82) is 0 Å². The van der Waals surface area contributed by atoms with Crippen LogP contribution in [0.25, 0.3) is 0 Å². The summed E-state index contributed by atoms with van der Waals surface area (Å²) in [6.45, 7) is 6.04. The van der Waals surface area contributed by atoms with E-state index in [2.05, 4.69) is 13.8 Å². The number of nitrogens with zero attached hydrogens (tertiary/aromatic N) is 2. The lowest BCUT2D eigenvalue weighted by molar-refractivity contribution is -0.119. The normalized spacial score (nSPS) is 15.8. The molecule has 0 aromatic heterocycles. The molecule has 0 atom stereocenters. The molecule has 0 aliphatic carbocycles. The second-order valence-electron chi connectivity index (χ2n) is 9.32. The highest BCUT2D eigenvalue weighted by molar-refractivity contribution is 5.97. The van der Waals surface area contributed by atoms with Crippen LogP contribution in [0.3, 0.4) is 0 Å². The van der Waals surface area contributed by atoms with Gasteiger partial charge in [-0.3, -0.25) is 9.59 Å². The number of anilines is 1. The lowest BCUT2D eigenvalue weighted by Gasteiger charge is -2.29. The van der Waals surface area contributed by atoms with Gasteiger partial charge >= 0.3 is 0 Å². The van der Waals surface area contributed by atoms with Gasteiger partial charge in [0.05, 0.1) is 12.7 Å². The molecular formula is C28H38N2O3. The van der Waals surface area contributed by atoms with Crippen molar-refractivity contribution in [2.75, 3.05) is 25.1 Å². The van der Waals surface area contributed by atoms with E-state index in [0.717, 1.165) is 56.3 Å². The second kappa shape index (κ2) is 12.4. The van der Waals surface area contributed by atoms with E-state index in [1.54, 1.807) is 7.11 Å². The topological polar surface area (TPSA) is 49.9 Å². The number of fused-ring (bicyclic) bond motifs is 1. The van der Waals surface area contributed by atoms with Gasteiger partial charge in [-0.1, -0.05) is 69.9 Å². The number of hydrogen-bond donors (Lipinski definition) is 0. The summed E-state index contributed by atoms with van der Waals surface area (Å²) in [5.41, 5.74) is 2.52. The van der Waals surface area contributed by atoms with Crippen molar-refractivity contribution in [1.82, 2.24) is 4.90 Å². The molecule has 2 amide bonds. The van der Waals surface area contributed by atoms with Crippen LogP contribution in [0.2, 0.25) is 0 Å². The van der Waals surface area contributed by atoms with Gasteiger partial charge in [0.2, 0.25) is 5.91 Å². The Morgan fingerprint density at radius 2 is 1.52 bits per heavy atom. The van der Waals surface area contributed by atoms with Gasteiger partial charge < -0.3 is 14.5 Å². The van der Waals surface area contributed by atoms with Crippen LogP contribution in [0, 0.1) is 5.92 Å². The first-order valence-corrected chi connectivity index (χ1v) is 12.3. The molecule has 0 N–H and O–H groups in total. The van der Waals surface area contributed by atoms with Crippen molar-refractivity contribution >= 4 is 17.5 Å². The van der Waals surface area contributed by atoms with Gasteiger partial charge in [0.15, 0.2) is 0 Å². The summed E-state index contributed by atoms with van der Waals surface area (Å²) < 4.78 is 5.47. The molecule has 5 heteroatoms. The lowest BCUT2D eigenvalue weighted by Crippen LogP contribution is -2.35. The molecule has 1 aliphatic rings. The molecule has 0 unspecified atom stereocenters. The first-order chi connectivity index (χ1) is 16.0. The maximum atomic E-state index is 13.6. The number of carbonyl (C=O) groups is 2. The number of benzene rings is 2. The predicted molar refractivity (Wildman–Crippen MR) is 134 cm³/mol. The molecule has 0 bridgehead atoms. The van der Waals surface area contributed by atoms with Crippen molar-refractivity contribution < 1.29 is 14.3 Å². The van der Waals surface area contributed by atoms with Crippen LogP contribution in [-0.2, 0) is 11.3 Å². The Hall–Kier alpha value is -2.82. The molecule has 0 radical (unpaired) electrons. The van der Waals surface area contributed by atoms with E-state index in [-0.39, 0.29) is 11.8 Å². The minimum atomic E-state index is -0.0304. The first kappa shape index (κ1) is 24.8. The van der Waals surface area contributed by atoms with Gasteiger partial charge in [-0.25, -0.2) is 0 Å². The summed E-state index contributed by atoms with van der Waals surface area (Å²) in [6.07, 6.45) is 7.04. The average molecular weight is 451 g/mol. The van der Waals surface area contributed by atoms with Crippen LogP contribution in [0.1, 0.15) is 74.7 Å². The number of methoxy groups -OCH3 is 1. The van der Waals surface area contributed by atoms with Crippen LogP contribution < -0.4 is 9.64 Å². The van der Waals surface area contributed by atoms with Gasteiger partial charge in [-0.05, 0) is 42.5 Å². The van der Waals surface area contributed by atoms with Gasteiger partial charge in [-0.2, -0.15) is 0 Å². The lowest BCUT2D eigenvalue weighted by atomic mass is 10.1. The summed E-state index contributed by atoms with van der Waals surface area (Å²) in [4.78, 5) is 30.7. The molecular weight excluding hydrogens is 412 g/mol. The summed E-state index contributed by atoms with van der Waals surface area (Å²) in [5, 5.41) is 0. The number of rotatable bonds is 4. The van der Waals surface area contributed by atoms with Crippen molar-refractivity contribution in [2.45, 2.75) is 65.3 Å². The number of para-hydroxylation sites is 2. The Balaban J connectivity index is 1.96. The third-order valence-corrected chi connectivity index (χ3v) is 6.21. The van der Waals surface area contributed by atoms with E-state index >= 15 is 0 Å². The number of ether oxygens (including phenoxy) is 1. The summed E-state index contributed by atoms with van der Waals surface area (Å²) in [7, 11) is 1.60. The Morgan fingerprint density at radius 1 is 0.879 bits per heavy atom. The molecule has 33 heavy (non-hydrogen) atoms. The fraction of sp³-hybridized carbons (Fsp3) is 0.500. The quantitative estimate of drug-likeness (QED) is 0.568. The van der Waals surface area contributed by atoms with Crippen molar-refractivity contribution in [3.05, 3.63) is 59.7 Å². The largest absolute Gasteiger partial charge is 0.496 e. The minimum Gasteiger partial charge on any atom is -0.496 e. The molecule has 3 rings (SSSR count). The van der Waals surface area contributed by atoms with Crippen molar-refractivity contribution in [3.63, 3.8) is 0 Å². The van der Waals surface area contributed by atoms with E-state index in [1.165, 1.54) is 0 Å². The average Bonchev–Trinajstić information content (AvgIpc) is 2.83. The highest BCUT2D eigenvalue weighted by Gasteiger charge is 2.24. The second-order valence-corrected chi connectivity index (χ2v) is 9.32. The molecule has 2 aromatic carbocycles. The molecule has 2 aromatic rings. The summed E-state index contributed by atoms with van der Waals surface area (Å²) in [6, 6.07) is 15.5. The Kier molecular flexibility index (Phi) is 9.35. The number of hydrogen-bond acceptors (Lipinski definition) is 3. The van der Waals surface area contributed by atoms with E-state index in [4.69, 9.17) is 4.74 Å². The standard InChI is InChI=1S/C28H38N2O3/c1-22(2)20-27(31)30-19-13-7-5-4-6-12-18-29(21-23-14-8-10-16-25(23)30)28(32)24-15-9-11-17-26(24)33-3/h8-11,14-17,22H,4-7,12-13,18-21H2,1-3H3. The SMILES string of the molecule is COc1ccccc1C(=O)N1CCCCCCCCN(C(=O)CC(C)C)c2ccccc2C1. The molecule has 1 aliphatic heterocycles. The molecule has 5 nitrogen and oxygen atoms in total. The van der Waals surface area contributed by atoms with E-state index in [1.807, 2.05) is 58.3 Å². The third kappa shape index (κ3) is 6.83. The fourth-order valence-electron chi connectivity index (χ4n) is 4.48. The zero-order chi connectivity index (χ0) is 23.6. The van der Waals surface area contributed by atoms with Crippen LogP contribution in [0.4, 0.5) is 5.69 Å². The molecule has 0 saturated carbocycles. The van der Waals surface area contributed by atoms with E-state index in [0.29, 0.717) is 36.7 Å². The van der Waals surface area contributed by atoms with Crippen LogP contribution >= 0.6 is 0 Å². The first-order valence-electron chi connectivity index (χ1n) is 12.3. The summed E-state index contributed by atoms with van der Waals surface area (Å²) in [5.74, 6) is 1.03. The maximum absolute atomic E-state index is 13.6. The van der Waals surface area contributed by atoms with Crippen LogP contribution in [0.5, 0.6) is 5.75 Å². The smallest absolute Gasteiger partial charge is 0.257 e. The van der Waals surface area contributed by atoms with Gasteiger partial charge in [0.1, 0.15) is 5.75 Å². The molecule has 0 saturated heterocycles. The van der Waals surface area contributed by atoms with Crippen molar-refractivity contribution in [2.24, 2.45) is 5.92 Å². The highest BCUT2D eigenvalue weighted by Crippen LogP contribution is 2.27. The Bertz CT molecular complexity index is 925. The maximum Gasteiger partial charge on any atom is 0.257 e. The van der Waals surface area contributed by atoms with Gasteiger partial charge in [-0.15, -0.1) is 0 Å². The summed E-state index contributed by atoms with van der Waals surface area (Å²) >= 11 is 0. The Morgan fingerprint density at radius 3 is 2.24 bits per heavy atom.